The van der Waals surface area contributed by atoms with Gasteiger partial charge in [0, 0.05) is 13.0 Å². The van der Waals surface area contributed by atoms with E-state index in [0.29, 0.717) is 13.0 Å². The number of amides is 2. The summed E-state index contributed by atoms with van der Waals surface area (Å²) in [4.78, 5) is 37.3. The summed E-state index contributed by atoms with van der Waals surface area (Å²) in [7, 11) is -0.526. The Bertz CT molecular complexity index is 530. The fourth-order valence-electron chi connectivity index (χ4n) is 2.07. The second-order valence-electron chi connectivity index (χ2n) is 6.50. The summed E-state index contributed by atoms with van der Waals surface area (Å²) in [6.07, 6.45) is 0.492. The predicted octanol–water partition coefficient (Wildman–Crippen LogP) is 1.17. The van der Waals surface area contributed by atoms with Crippen LogP contribution in [-0.4, -0.2) is 56.5 Å². The third-order valence-corrected chi connectivity index (χ3v) is 4.23. The zero-order valence-electron chi connectivity index (χ0n) is 13.9. The Morgan fingerprint density at radius 1 is 1.41 bits per heavy atom. The second kappa shape index (κ2) is 6.96. The zero-order valence-corrected chi connectivity index (χ0v) is 14.9. The van der Waals surface area contributed by atoms with E-state index in [4.69, 9.17) is 0 Å². The molecular formula is C15H24N2O4Si. The molecule has 1 N–H and O–H groups in total. The molecule has 0 radical (unpaired) electrons. The van der Waals surface area contributed by atoms with E-state index in [-0.39, 0.29) is 18.2 Å². The van der Waals surface area contributed by atoms with Crippen molar-refractivity contribution in [2.45, 2.75) is 44.9 Å². The first-order valence-corrected chi connectivity index (χ1v) is 10.8. The number of methoxy groups -OCH3 is 1. The van der Waals surface area contributed by atoms with Gasteiger partial charge in [-0.15, -0.1) is 5.54 Å². The van der Waals surface area contributed by atoms with Gasteiger partial charge in [0.05, 0.1) is 13.7 Å². The van der Waals surface area contributed by atoms with Crippen LogP contribution in [0.2, 0.25) is 19.6 Å². The third-order valence-electron chi connectivity index (χ3n) is 3.35. The fourth-order valence-corrected chi connectivity index (χ4v) is 2.66. The van der Waals surface area contributed by atoms with Gasteiger partial charge in [-0.25, -0.2) is 4.79 Å². The van der Waals surface area contributed by atoms with E-state index in [0.717, 1.165) is 6.42 Å². The van der Waals surface area contributed by atoms with Crippen LogP contribution in [0.1, 0.15) is 19.8 Å². The second-order valence-corrected chi connectivity index (χ2v) is 11.2. The van der Waals surface area contributed by atoms with Crippen LogP contribution in [0.5, 0.6) is 0 Å². The summed E-state index contributed by atoms with van der Waals surface area (Å²) in [5.74, 6) is 2.62. The van der Waals surface area contributed by atoms with Crippen molar-refractivity contribution < 1.29 is 19.1 Å². The number of likely N-dealkylation sites (tertiary alicyclic amines) is 1. The van der Waals surface area contributed by atoms with Crippen LogP contribution in [0.3, 0.4) is 0 Å². The van der Waals surface area contributed by atoms with Crippen molar-refractivity contribution in [1.82, 2.24) is 10.2 Å². The van der Waals surface area contributed by atoms with Gasteiger partial charge in [-0.2, -0.15) is 0 Å². The molecule has 1 unspecified atom stereocenters. The highest BCUT2D eigenvalue weighted by atomic mass is 28.3. The molecule has 1 aliphatic rings. The van der Waals surface area contributed by atoms with Crippen molar-refractivity contribution in [3.8, 4) is 11.5 Å². The molecule has 0 aromatic rings. The summed E-state index contributed by atoms with van der Waals surface area (Å²) in [5, 5.41) is 2.54. The predicted molar refractivity (Wildman–Crippen MR) is 85.9 cm³/mol. The minimum atomic E-state index is -1.76. The number of hydrogen-bond donors (Lipinski definition) is 1. The van der Waals surface area contributed by atoms with Crippen molar-refractivity contribution in [1.29, 1.82) is 0 Å². The summed E-state index contributed by atoms with van der Waals surface area (Å²) < 4.78 is 4.62. The van der Waals surface area contributed by atoms with Gasteiger partial charge in [-0.05, 0) is 13.3 Å². The molecule has 1 fully saturated rings. The molecule has 0 bridgehead atoms. The van der Waals surface area contributed by atoms with Gasteiger partial charge < -0.3 is 9.64 Å². The Kier molecular flexibility index (Phi) is 5.77. The first-order chi connectivity index (χ1) is 10.1. The molecular weight excluding hydrogens is 300 g/mol. The summed E-state index contributed by atoms with van der Waals surface area (Å²) in [6.45, 7) is 8.15. The van der Waals surface area contributed by atoms with Crippen LogP contribution in [0, 0.1) is 11.5 Å². The van der Waals surface area contributed by atoms with Crippen LogP contribution >= 0.6 is 0 Å². The third kappa shape index (κ3) is 4.88. The molecule has 6 nitrogen and oxygen atoms in total. The molecule has 0 spiro atoms. The minimum absolute atomic E-state index is 0.0212. The number of carbonyl (C=O) groups is 3. The molecule has 1 rings (SSSR count). The normalized spacial score (nSPS) is 17.3. The van der Waals surface area contributed by atoms with Gasteiger partial charge in [-0.1, -0.05) is 25.6 Å². The highest BCUT2D eigenvalue weighted by Crippen LogP contribution is 2.16. The van der Waals surface area contributed by atoms with E-state index in [9.17, 15) is 14.4 Å². The van der Waals surface area contributed by atoms with Crippen LogP contribution in [0.25, 0.3) is 0 Å². The molecule has 122 valence electrons. The number of carbonyl (C=O) groups excluding carboxylic acids is 3. The monoisotopic (exact) mass is 324 g/mol. The highest BCUT2D eigenvalue weighted by Gasteiger charge is 2.40. The number of nitrogens with one attached hydrogen (secondary N) is 1. The summed E-state index contributed by atoms with van der Waals surface area (Å²) in [6, 6.07) is 0. The molecule has 0 aliphatic carbocycles. The lowest BCUT2D eigenvalue weighted by molar-refractivity contribution is -0.129. The number of Topliss-reactive ketones (excluding diaryl/α,β-unsaturated/α-hetero) is 1. The molecule has 1 aliphatic heterocycles. The van der Waals surface area contributed by atoms with Gasteiger partial charge in [-0.3, -0.25) is 14.9 Å². The van der Waals surface area contributed by atoms with Gasteiger partial charge >= 0.3 is 6.09 Å². The zero-order chi connectivity index (χ0) is 17.0. The average molecular weight is 324 g/mol. The molecule has 2 amide bonds. The number of rotatable bonds is 4. The molecule has 0 aromatic heterocycles. The average Bonchev–Trinajstić information content (AvgIpc) is 2.80. The lowest BCUT2D eigenvalue weighted by Gasteiger charge is -2.31. The van der Waals surface area contributed by atoms with Crippen LogP contribution < -0.4 is 5.32 Å². The fraction of sp³-hybridized carbons (Fsp3) is 0.667. The Hall–Kier alpha value is -1.81. The largest absolute Gasteiger partial charge is 0.453 e. The van der Waals surface area contributed by atoms with Gasteiger partial charge in [0.25, 0.3) is 0 Å². The lowest BCUT2D eigenvalue weighted by Crippen LogP contribution is -2.59. The molecule has 0 aromatic carbocycles. The SMILES string of the molecule is COC(=O)NC(C#C[Si](C)(C)C)(CN1CCCC1=O)C(C)=O. The quantitative estimate of drug-likeness (QED) is 0.622. The van der Waals surface area contributed by atoms with Crippen LogP contribution in [0.4, 0.5) is 4.79 Å². The Morgan fingerprint density at radius 2 is 2.05 bits per heavy atom. The molecule has 1 heterocycles. The minimum Gasteiger partial charge on any atom is -0.453 e. The molecule has 22 heavy (non-hydrogen) atoms. The number of alkyl carbamates (subject to hydrolysis) is 1. The van der Waals surface area contributed by atoms with E-state index >= 15 is 0 Å². The van der Waals surface area contributed by atoms with Gasteiger partial charge in [0.15, 0.2) is 11.3 Å². The maximum absolute atomic E-state index is 12.2. The number of ketones is 1. The van der Waals surface area contributed by atoms with Crippen molar-refractivity contribution in [3.05, 3.63) is 0 Å². The lowest BCUT2D eigenvalue weighted by atomic mass is 9.95. The Labute approximate surface area is 132 Å². The number of hydrogen-bond acceptors (Lipinski definition) is 4. The molecule has 7 heteroatoms. The standard InChI is InChI=1S/C15H24N2O4Si/c1-12(18)15(16-14(20)21-2,8-10-22(3,4)5)11-17-9-6-7-13(17)19/h6-7,9,11H2,1-5H3,(H,16,20). The van der Waals surface area contributed by atoms with Crippen LogP contribution in [-0.2, 0) is 14.3 Å². The number of ether oxygens (including phenoxy) is 1. The summed E-state index contributed by atoms with van der Waals surface area (Å²) in [5.41, 5.74) is 1.71. The van der Waals surface area contributed by atoms with Gasteiger partial charge in [0.2, 0.25) is 5.91 Å². The van der Waals surface area contributed by atoms with Crippen LogP contribution in [0.15, 0.2) is 0 Å². The topological polar surface area (TPSA) is 75.7 Å². The molecule has 1 saturated heterocycles. The smallest absolute Gasteiger partial charge is 0.408 e. The van der Waals surface area contributed by atoms with Crippen molar-refractivity contribution >= 4 is 25.9 Å². The Balaban J connectivity index is 3.18. The molecule has 1 atom stereocenters. The van der Waals surface area contributed by atoms with E-state index in [1.807, 2.05) is 19.6 Å². The van der Waals surface area contributed by atoms with E-state index in [1.54, 1.807) is 4.90 Å². The highest BCUT2D eigenvalue weighted by molar-refractivity contribution is 6.83. The first kappa shape index (κ1) is 18.2. The number of nitrogens with zero attached hydrogens (tertiary/aromatic N) is 1. The first-order valence-electron chi connectivity index (χ1n) is 7.29. The summed E-state index contributed by atoms with van der Waals surface area (Å²) >= 11 is 0. The maximum atomic E-state index is 12.2. The van der Waals surface area contributed by atoms with E-state index < -0.39 is 19.7 Å². The van der Waals surface area contributed by atoms with Crippen molar-refractivity contribution in [2.75, 3.05) is 20.2 Å². The van der Waals surface area contributed by atoms with Gasteiger partial charge in [0.1, 0.15) is 8.07 Å². The maximum Gasteiger partial charge on any atom is 0.408 e. The molecule has 0 saturated carbocycles. The van der Waals surface area contributed by atoms with E-state index in [2.05, 4.69) is 21.5 Å². The van der Waals surface area contributed by atoms with Crippen molar-refractivity contribution in [2.24, 2.45) is 0 Å². The van der Waals surface area contributed by atoms with Crippen molar-refractivity contribution in [3.63, 3.8) is 0 Å². The van der Waals surface area contributed by atoms with E-state index in [1.165, 1.54) is 14.0 Å². The Morgan fingerprint density at radius 3 is 2.45 bits per heavy atom.